The predicted octanol–water partition coefficient (Wildman–Crippen LogP) is 9.57. The maximum absolute atomic E-state index is 12.8. The Morgan fingerprint density at radius 3 is 2.24 bits per heavy atom. The second kappa shape index (κ2) is 10.9. The lowest BCUT2D eigenvalue weighted by Gasteiger charge is -2.28. The number of aromatic nitrogens is 1. The van der Waals surface area contributed by atoms with E-state index in [0.29, 0.717) is 11.6 Å². The van der Waals surface area contributed by atoms with E-state index in [1.165, 1.54) is 56.2 Å². The SMILES string of the molecule is CCCC1CCC(c2ccc(-c3ccc4[nH]cc(NC(=O)Nc5ccc(C(F)(F)F)cc5)c4c3)cc2)CC1. The Morgan fingerprint density at radius 2 is 1.58 bits per heavy atom. The number of halogens is 3. The van der Waals surface area contributed by atoms with Crippen LogP contribution in [-0.2, 0) is 6.18 Å². The lowest BCUT2D eigenvalue weighted by molar-refractivity contribution is -0.137. The molecule has 38 heavy (non-hydrogen) atoms. The molecule has 2 amide bonds. The molecule has 0 radical (unpaired) electrons. The van der Waals surface area contributed by atoms with Crippen LogP contribution in [0.25, 0.3) is 22.0 Å². The summed E-state index contributed by atoms with van der Waals surface area (Å²) >= 11 is 0. The van der Waals surface area contributed by atoms with E-state index in [9.17, 15) is 18.0 Å². The number of hydrogen-bond donors (Lipinski definition) is 3. The Kier molecular flexibility index (Phi) is 7.45. The average molecular weight is 520 g/mol. The van der Waals surface area contributed by atoms with Gasteiger partial charge in [0.1, 0.15) is 0 Å². The first kappa shape index (κ1) is 25.9. The predicted molar refractivity (Wildman–Crippen MR) is 147 cm³/mol. The van der Waals surface area contributed by atoms with Crippen LogP contribution in [-0.4, -0.2) is 11.0 Å². The molecule has 1 aliphatic rings. The van der Waals surface area contributed by atoms with Gasteiger partial charge in [0.15, 0.2) is 0 Å². The van der Waals surface area contributed by atoms with Gasteiger partial charge in [-0.15, -0.1) is 0 Å². The monoisotopic (exact) mass is 519 g/mol. The molecule has 1 aromatic heterocycles. The van der Waals surface area contributed by atoms with Gasteiger partial charge < -0.3 is 15.6 Å². The van der Waals surface area contributed by atoms with Crippen molar-refractivity contribution in [1.29, 1.82) is 0 Å². The average Bonchev–Trinajstić information content (AvgIpc) is 3.31. The first-order valence-electron chi connectivity index (χ1n) is 13.3. The smallest absolute Gasteiger partial charge is 0.359 e. The van der Waals surface area contributed by atoms with Gasteiger partial charge in [-0.2, -0.15) is 13.2 Å². The van der Waals surface area contributed by atoms with Gasteiger partial charge in [-0.1, -0.05) is 50.1 Å². The van der Waals surface area contributed by atoms with Crippen LogP contribution >= 0.6 is 0 Å². The Hall–Kier alpha value is -3.74. The standard InChI is InChI=1S/C31H32F3N3O/c1-2-3-20-4-6-21(7-5-20)22-8-10-23(11-9-22)24-12-17-28-27(18-24)29(19-35-28)37-30(38)36-26-15-13-25(14-16-26)31(32,33)34/h8-21,35H,2-7H2,1H3,(H2,36,37,38). The zero-order valence-electron chi connectivity index (χ0n) is 21.4. The zero-order chi connectivity index (χ0) is 26.7. The molecule has 5 rings (SSSR count). The number of benzene rings is 3. The number of carbonyl (C=O) groups excluding carboxylic acids is 1. The maximum Gasteiger partial charge on any atom is 0.416 e. The zero-order valence-corrected chi connectivity index (χ0v) is 21.4. The quantitative estimate of drug-likeness (QED) is 0.233. The van der Waals surface area contributed by atoms with E-state index < -0.39 is 17.8 Å². The summed E-state index contributed by atoms with van der Waals surface area (Å²) in [6.07, 6.45) is 5.10. The van der Waals surface area contributed by atoms with Gasteiger partial charge in [0, 0.05) is 22.8 Å². The number of carbonyl (C=O) groups is 1. The highest BCUT2D eigenvalue weighted by Crippen LogP contribution is 2.38. The Balaban J connectivity index is 1.26. The third-order valence-corrected chi connectivity index (χ3v) is 7.66. The third-order valence-electron chi connectivity index (χ3n) is 7.66. The second-order valence-corrected chi connectivity index (χ2v) is 10.2. The van der Waals surface area contributed by atoms with Crippen LogP contribution in [0.15, 0.2) is 72.9 Å². The molecule has 0 aliphatic heterocycles. The molecule has 1 saturated carbocycles. The minimum absolute atomic E-state index is 0.273. The first-order valence-corrected chi connectivity index (χ1v) is 13.3. The summed E-state index contributed by atoms with van der Waals surface area (Å²) in [5.41, 5.74) is 4.53. The van der Waals surface area contributed by atoms with Crippen LogP contribution < -0.4 is 10.6 Å². The molecule has 3 aromatic carbocycles. The minimum Gasteiger partial charge on any atom is -0.359 e. The second-order valence-electron chi connectivity index (χ2n) is 10.2. The highest BCUT2D eigenvalue weighted by Gasteiger charge is 2.30. The van der Waals surface area contributed by atoms with Crippen LogP contribution in [0.1, 0.15) is 62.5 Å². The van der Waals surface area contributed by atoms with Gasteiger partial charge in [0.05, 0.1) is 11.3 Å². The van der Waals surface area contributed by atoms with Gasteiger partial charge in [0.25, 0.3) is 0 Å². The van der Waals surface area contributed by atoms with E-state index in [1.54, 1.807) is 6.20 Å². The molecule has 1 heterocycles. The van der Waals surface area contributed by atoms with Gasteiger partial charge >= 0.3 is 12.2 Å². The van der Waals surface area contributed by atoms with Crippen molar-refractivity contribution in [2.45, 2.75) is 57.5 Å². The lowest BCUT2D eigenvalue weighted by Crippen LogP contribution is -2.19. The number of fused-ring (bicyclic) bond motifs is 1. The molecule has 1 aliphatic carbocycles. The Bertz CT molecular complexity index is 1380. The Labute approximate surface area is 220 Å². The molecule has 0 saturated heterocycles. The fourth-order valence-electron chi connectivity index (χ4n) is 5.57. The third kappa shape index (κ3) is 5.87. The molecule has 4 nitrogen and oxygen atoms in total. The maximum atomic E-state index is 12.8. The summed E-state index contributed by atoms with van der Waals surface area (Å²) in [6, 6.07) is 18.7. The van der Waals surface area contributed by atoms with Crippen molar-refractivity contribution >= 4 is 28.3 Å². The molecular weight excluding hydrogens is 487 g/mol. The van der Waals surface area contributed by atoms with E-state index in [4.69, 9.17) is 0 Å². The fourth-order valence-corrected chi connectivity index (χ4v) is 5.57. The molecule has 1 fully saturated rings. The summed E-state index contributed by atoms with van der Waals surface area (Å²) in [4.78, 5) is 15.7. The number of anilines is 2. The van der Waals surface area contributed by atoms with E-state index in [0.717, 1.165) is 40.1 Å². The number of alkyl halides is 3. The van der Waals surface area contributed by atoms with E-state index in [-0.39, 0.29) is 5.69 Å². The minimum atomic E-state index is -4.42. The lowest BCUT2D eigenvalue weighted by atomic mass is 9.77. The summed E-state index contributed by atoms with van der Waals surface area (Å²) in [7, 11) is 0. The van der Waals surface area contributed by atoms with Crippen LogP contribution in [0.3, 0.4) is 0 Å². The largest absolute Gasteiger partial charge is 0.416 e. The number of rotatable bonds is 6. The Morgan fingerprint density at radius 1 is 0.895 bits per heavy atom. The molecule has 0 bridgehead atoms. The van der Waals surface area contributed by atoms with Crippen molar-refractivity contribution in [2.75, 3.05) is 10.6 Å². The molecular formula is C31H32F3N3O. The number of hydrogen-bond acceptors (Lipinski definition) is 1. The number of amides is 2. The van der Waals surface area contributed by atoms with Crippen molar-refractivity contribution < 1.29 is 18.0 Å². The molecule has 0 atom stereocenters. The number of aromatic amines is 1. The van der Waals surface area contributed by atoms with Gasteiger partial charge in [-0.3, -0.25) is 0 Å². The normalized spacial score (nSPS) is 17.9. The van der Waals surface area contributed by atoms with Crippen molar-refractivity contribution in [2.24, 2.45) is 5.92 Å². The fraction of sp³-hybridized carbons (Fsp3) is 0.323. The van der Waals surface area contributed by atoms with Crippen molar-refractivity contribution in [3.8, 4) is 11.1 Å². The van der Waals surface area contributed by atoms with Crippen molar-refractivity contribution in [1.82, 2.24) is 4.98 Å². The summed E-state index contributed by atoms with van der Waals surface area (Å²) in [5, 5.41) is 6.23. The van der Waals surface area contributed by atoms with E-state index in [1.807, 2.05) is 12.1 Å². The number of nitrogens with one attached hydrogen (secondary N) is 3. The van der Waals surface area contributed by atoms with Crippen molar-refractivity contribution in [3.63, 3.8) is 0 Å². The van der Waals surface area contributed by atoms with Gasteiger partial charge in [-0.05, 0) is 90.6 Å². The summed E-state index contributed by atoms with van der Waals surface area (Å²) < 4.78 is 38.3. The van der Waals surface area contributed by atoms with Crippen LogP contribution in [0.2, 0.25) is 0 Å². The van der Waals surface area contributed by atoms with Crippen molar-refractivity contribution in [3.05, 3.63) is 84.1 Å². The molecule has 3 N–H and O–H groups in total. The molecule has 4 aromatic rings. The molecule has 0 spiro atoms. The van der Waals surface area contributed by atoms with E-state index >= 15 is 0 Å². The van der Waals surface area contributed by atoms with Crippen LogP contribution in [0.5, 0.6) is 0 Å². The number of urea groups is 1. The summed E-state index contributed by atoms with van der Waals surface area (Å²) in [6.45, 7) is 2.27. The van der Waals surface area contributed by atoms with Gasteiger partial charge in [0.2, 0.25) is 0 Å². The van der Waals surface area contributed by atoms with Gasteiger partial charge in [-0.25, -0.2) is 4.79 Å². The van der Waals surface area contributed by atoms with Crippen LogP contribution in [0.4, 0.5) is 29.3 Å². The first-order chi connectivity index (χ1) is 18.3. The highest BCUT2D eigenvalue weighted by molar-refractivity contribution is 6.06. The summed E-state index contributed by atoms with van der Waals surface area (Å²) in [5.74, 6) is 1.53. The topological polar surface area (TPSA) is 56.9 Å². The van der Waals surface area contributed by atoms with Crippen LogP contribution in [0, 0.1) is 5.92 Å². The molecule has 198 valence electrons. The van der Waals surface area contributed by atoms with E-state index in [2.05, 4.69) is 52.9 Å². The number of H-pyrrole nitrogens is 1. The highest BCUT2D eigenvalue weighted by atomic mass is 19.4. The molecule has 7 heteroatoms. The molecule has 0 unspecified atom stereocenters.